The molecule has 0 bridgehead atoms. The molecule has 3 rings (SSSR count). The Balaban J connectivity index is 1.94. The molecule has 0 amide bonds. The fourth-order valence-corrected chi connectivity index (χ4v) is 3.27. The summed E-state index contributed by atoms with van der Waals surface area (Å²) in [5, 5.41) is 0. The number of halogens is 1. The van der Waals surface area contributed by atoms with Crippen LogP contribution in [-0.2, 0) is 10.0 Å². The molecule has 1 heterocycles. The molecule has 2 aromatic rings. The molecule has 0 saturated heterocycles. The molecular formula is C15H16FN3O4S. The van der Waals surface area contributed by atoms with E-state index in [1.54, 1.807) is 6.07 Å². The van der Waals surface area contributed by atoms with Gasteiger partial charge in [-0.25, -0.2) is 27.5 Å². The summed E-state index contributed by atoms with van der Waals surface area (Å²) in [4.78, 5) is 7.49. The van der Waals surface area contributed by atoms with Crippen molar-refractivity contribution in [2.75, 3.05) is 18.9 Å². The van der Waals surface area contributed by atoms with E-state index in [1.807, 2.05) is 0 Å². The van der Waals surface area contributed by atoms with Crippen molar-refractivity contribution in [3.05, 3.63) is 35.9 Å². The predicted molar refractivity (Wildman–Crippen MR) is 84.3 cm³/mol. The SMILES string of the molecule is COc1cc(F)c(S(=O)(=O)Nc2nccc(C3CC3)n2)cc1OC. The first-order chi connectivity index (χ1) is 11.4. The van der Waals surface area contributed by atoms with Gasteiger partial charge in [0.1, 0.15) is 10.7 Å². The van der Waals surface area contributed by atoms with Crippen molar-refractivity contribution < 1.29 is 22.3 Å². The average molecular weight is 353 g/mol. The van der Waals surface area contributed by atoms with E-state index in [-0.39, 0.29) is 17.4 Å². The van der Waals surface area contributed by atoms with Crippen molar-refractivity contribution in [3.63, 3.8) is 0 Å². The van der Waals surface area contributed by atoms with Crippen LogP contribution in [0.3, 0.4) is 0 Å². The van der Waals surface area contributed by atoms with Gasteiger partial charge in [0.15, 0.2) is 11.5 Å². The summed E-state index contributed by atoms with van der Waals surface area (Å²) < 4.78 is 51.3. The van der Waals surface area contributed by atoms with Crippen molar-refractivity contribution in [2.24, 2.45) is 0 Å². The van der Waals surface area contributed by atoms with Crippen LogP contribution in [0.4, 0.5) is 10.3 Å². The number of ether oxygens (including phenoxy) is 2. The number of hydrogen-bond donors (Lipinski definition) is 1. The fourth-order valence-electron chi connectivity index (χ4n) is 2.24. The molecule has 1 saturated carbocycles. The van der Waals surface area contributed by atoms with Gasteiger partial charge in [-0.3, -0.25) is 0 Å². The first kappa shape index (κ1) is 16.4. The molecule has 0 aliphatic heterocycles. The van der Waals surface area contributed by atoms with Crippen molar-refractivity contribution >= 4 is 16.0 Å². The second kappa shape index (κ2) is 6.23. The second-order valence-electron chi connectivity index (χ2n) is 5.32. The Morgan fingerprint density at radius 3 is 2.50 bits per heavy atom. The van der Waals surface area contributed by atoms with Gasteiger partial charge in [0.05, 0.1) is 14.2 Å². The summed E-state index contributed by atoms with van der Waals surface area (Å²) in [5.41, 5.74) is 0.774. The number of nitrogens with zero attached hydrogens (tertiary/aromatic N) is 2. The lowest BCUT2D eigenvalue weighted by Gasteiger charge is -2.12. The number of nitrogens with one attached hydrogen (secondary N) is 1. The highest BCUT2D eigenvalue weighted by atomic mass is 32.2. The summed E-state index contributed by atoms with van der Waals surface area (Å²) in [6, 6.07) is 3.75. The van der Waals surface area contributed by atoms with Crippen LogP contribution in [0.2, 0.25) is 0 Å². The first-order valence-electron chi connectivity index (χ1n) is 7.22. The van der Waals surface area contributed by atoms with E-state index in [9.17, 15) is 12.8 Å². The van der Waals surface area contributed by atoms with E-state index in [2.05, 4.69) is 14.7 Å². The van der Waals surface area contributed by atoms with Crippen molar-refractivity contribution in [3.8, 4) is 11.5 Å². The molecule has 7 nitrogen and oxygen atoms in total. The lowest BCUT2D eigenvalue weighted by Crippen LogP contribution is -2.17. The first-order valence-corrected chi connectivity index (χ1v) is 8.70. The third-order valence-electron chi connectivity index (χ3n) is 3.63. The highest BCUT2D eigenvalue weighted by molar-refractivity contribution is 7.92. The van der Waals surface area contributed by atoms with Crippen LogP contribution in [-0.4, -0.2) is 32.6 Å². The molecule has 1 fully saturated rings. The maximum Gasteiger partial charge on any atom is 0.267 e. The van der Waals surface area contributed by atoms with E-state index in [1.165, 1.54) is 20.4 Å². The summed E-state index contributed by atoms with van der Waals surface area (Å²) in [7, 11) is -1.54. The van der Waals surface area contributed by atoms with Gasteiger partial charge in [0, 0.05) is 29.9 Å². The maximum atomic E-state index is 14.2. The highest BCUT2D eigenvalue weighted by Crippen LogP contribution is 2.39. The Kier molecular flexibility index (Phi) is 4.27. The Labute approximate surface area is 138 Å². The molecular weight excluding hydrogens is 337 g/mol. The lowest BCUT2D eigenvalue weighted by molar-refractivity contribution is 0.350. The third-order valence-corrected chi connectivity index (χ3v) is 4.97. The third kappa shape index (κ3) is 3.25. The van der Waals surface area contributed by atoms with Gasteiger partial charge < -0.3 is 9.47 Å². The average Bonchev–Trinajstić information content (AvgIpc) is 3.39. The molecule has 0 spiro atoms. The Morgan fingerprint density at radius 1 is 1.21 bits per heavy atom. The molecule has 1 N–H and O–H groups in total. The van der Waals surface area contributed by atoms with Crippen LogP contribution < -0.4 is 14.2 Å². The van der Waals surface area contributed by atoms with Crippen LogP contribution in [0.15, 0.2) is 29.3 Å². The molecule has 9 heteroatoms. The van der Waals surface area contributed by atoms with E-state index in [4.69, 9.17) is 9.47 Å². The summed E-state index contributed by atoms with van der Waals surface area (Å²) in [6.45, 7) is 0. The minimum absolute atomic E-state index is 0.0893. The zero-order chi connectivity index (χ0) is 17.3. The zero-order valence-electron chi connectivity index (χ0n) is 13.1. The minimum atomic E-state index is -4.21. The van der Waals surface area contributed by atoms with Crippen molar-refractivity contribution in [2.45, 2.75) is 23.7 Å². The Hall–Kier alpha value is -2.42. The van der Waals surface area contributed by atoms with Crippen LogP contribution in [0, 0.1) is 5.82 Å². The van der Waals surface area contributed by atoms with E-state index >= 15 is 0 Å². The molecule has 0 unspecified atom stereocenters. The molecule has 1 aromatic heterocycles. The maximum absolute atomic E-state index is 14.2. The lowest BCUT2D eigenvalue weighted by atomic mass is 10.3. The monoisotopic (exact) mass is 353 g/mol. The zero-order valence-corrected chi connectivity index (χ0v) is 13.9. The Bertz CT molecular complexity index is 869. The standard InChI is InChI=1S/C15H16FN3O4S/c1-22-12-7-10(16)14(8-13(12)23-2)24(20,21)19-15-17-6-5-11(18-15)9-3-4-9/h5-9H,3-4H2,1-2H3,(H,17,18,19). The summed E-state index contributed by atoms with van der Waals surface area (Å²) in [5.74, 6) is -0.506. The molecule has 24 heavy (non-hydrogen) atoms. The molecule has 0 radical (unpaired) electrons. The second-order valence-corrected chi connectivity index (χ2v) is 6.97. The van der Waals surface area contributed by atoms with Gasteiger partial charge in [-0.1, -0.05) is 0 Å². The van der Waals surface area contributed by atoms with Gasteiger partial charge in [0.2, 0.25) is 5.95 Å². The number of anilines is 1. The van der Waals surface area contributed by atoms with E-state index in [0.717, 1.165) is 30.7 Å². The largest absolute Gasteiger partial charge is 0.493 e. The number of rotatable bonds is 6. The smallest absolute Gasteiger partial charge is 0.267 e. The Morgan fingerprint density at radius 2 is 1.88 bits per heavy atom. The molecule has 0 atom stereocenters. The normalized spacial score (nSPS) is 14.3. The quantitative estimate of drug-likeness (QED) is 0.857. The number of aromatic nitrogens is 2. The van der Waals surface area contributed by atoms with Crippen LogP contribution in [0.1, 0.15) is 24.5 Å². The number of methoxy groups -OCH3 is 2. The van der Waals surface area contributed by atoms with Gasteiger partial charge in [0.25, 0.3) is 10.0 Å². The fraction of sp³-hybridized carbons (Fsp3) is 0.333. The summed E-state index contributed by atoms with van der Waals surface area (Å²) in [6.07, 6.45) is 3.52. The van der Waals surface area contributed by atoms with E-state index < -0.39 is 20.7 Å². The molecule has 128 valence electrons. The van der Waals surface area contributed by atoms with Gasteiger partial charge >= 0.3 is 0 Å². The number of hydrogen-bond acceptors (Lipinski definition) is 6. The highest BCUT2D eigenvalue weighted by Gasteiger charge is 2.27. The predicted octanol–water partition coefficient (Wildman–Crippen LogP) is 2.31. The van der Waals surface area contributed by atoms with Gasteiger partial charge in [-0.05, 0) is 18.9 Å². The molecule has 1 aromatic carbocycles. The van der Waals surface area contributed by atoms with Gasteiger partial charge in [-0.2, -0.15) is 0 Å². The number of sulfonamides is 1. The van der Waals surface area contributed by atoms with Gasteiger partial charge in [-0.15, -0.1) is 0 Å². The van der Waals surface area contributed by atoms with Crippen molar-refractivity contribution in [1.82, 2.24) is 9.97 Å². The number of benzene rings is 1. The van der Waals surface area contributed by atoms with E-state index in [0.29, 0.717) is 5.92 Å². The molecule has 1 aliphatic carbocycles. The van der Waals surface area contributed by atoms with Crippen molar-refractivity contribution in [1.29, 1.82) is 0 Å². The van der Waals surface area contributed by atoms with Crippen LogP contribution in [0.25, 0.3) is 0 Å². The summed E-state index contributed by atoms with van der Waals surface area (Å²) >= 11 is 0. The van der Waals surface area contributed by atoms with Crippen LogP contribution in [0.5, 0.6) is 11.5 Å². The topological polar surface area (TPSA) is 90.4 Å². The van der Waals surface area contributed by atoms with Crippen LogP contribution >= 0.6 is 0 Å². The molecule has 1 aliphatic rings. The minimum Gasteiger partial charge on any atom is -0.493 e.